The van der Waals surface area contributed by atoms with Gasteiger partial charge in [-0.2, -0.15) is 0 Å². The summed E-state index contributed by atoms with van der Waals surface area (Å²) in [5.74, 6) is 0.172. The second-order valence-electron chi connectivity index (χ2n) is 12.0. The normalized spacial score (nSPS) is 12.3. The summed E-state index contributed by atoms with van der Waals surface area (Å²) in [7, 11) is 1.38. The van der Waals surface area contributed by atoms with E-state index in [0.29, 0.717) is 17.9 Å². The maximum Gasteiger partial charge on any atom is 0.407 e. The average molecular weight is 633 g/mol. The van der Waals surface area contributed by atoms with E-state index in [1.165, 1.54) is 7.11 Å². The lowest BCUT2D eigenvalue weighted by Gasteiger charge is -2.37. The summed E-state index contributed by atoms with van der Waals surface area (Å²) in [4.78, 5) is 25.6. The largest absolute Gasteiger partial charge is 0.465 e. The van der Waals surface area contributed by atoms with Crippen molar-refractivity contribution < 1.29 is 19.1 Å². The summed E-state index contributed by atoms with van der Waals surface area (Å²) in [5.41, 5.74) is 4.14. The number of esters is 1. The van der Waals surface area contributed by atoms with Crippen molar-refractivity contribution in [2.75, 3.05) is 24.7 Å². The van der Waals surface area contributed by atoms with Crippen LogP contribution in [-0.4, -0.2) is 43.1 Å². The number of rotatable bonds is 11. The molecule has 0 spiro atoms. The maximum atomic E-state index is 13.2. The highest BCUT2D eigenvalue weighted by Crippen LogP contribution is 2.48. The molecule has 46 heavy (non-hydrogen) atoms. The Morgan fingerprint density at radius 2 is 1.22 bits per heavy atom. The van der Waals surface area contributed by atoms with E-state index < -0.39 is 16.4 Å². The van der Waals surface area contributed by atoms with Gasteiger partial charge in [-0.3, -0.25) is 0 Å². The van der Waals surface area contributed by atoms with Gasteiger partial charge in [0, 0.05) is 23.4 Å². The van der Waals surface area contributed by atoms with Crippen LogP contribution in [0.1, 0.15) is 47.8 Å². The van der Waals surface area contributed by atoms with Crippen molar-refractivity contribution in [3.63, 3.8) is 0 Å². The molecule has 0 saturated carbocycles. The number of thioether (sulfide) groups is 1. The van der Waals surface area contributed by atoms with Crippen LogP contribution in [0.15, 0.2) is 127 Å². The van der Waals surface area contributed by atoms with Crippen LogP contribution in [0.5, 0.6) is 0 Å². The molecule has 0 fully saturated rings. The first-order valence-electron chi connectivity index (χ1n) is 15.4. The number of fused-ring (bicyclic) bond motifs is 1. The molecule has 1 unspecified atom stereocenters. The molecule has 0 aliphatic carbocycles. The zero-order valence-electron chi connectivity index (χ0n) is 26.7. The first-order valence-corrected chi connectivity index (χ1v) is 16.3. The van der Waals surface area contributed by atoms with Crippen molar-refractivity contribution >= 4 is 40.3 Å². The van der Waals surface area contributed by atoms with Crippen LogP contribution in [0.3, 0.4) is 0 Å². The average Bonchev–Trinajstić information content (AvgIpc) is 3.07. The standard InChI is InChI=1S/C39H40N2O4S/c1-38(2,3)45-37(43)41-31(26-40-35-25-15-22-32-33(35)23-14-24-34(32)36(42)44-4)27-46-39(28-16-8-5-9-17-28,29-18-10-6-11-19-29)30-20-12-7-13-21-30/h5-25,31,40H,26-27H2,1-4H3,(H,41,43). The molecule has 2 N–H and O–H groups in total. The van der Waals surface area contributed by atoms with Crippen LogP contribution in [0, 0.1) is 0 Å². The minimum absolute atomic E-state index is 0.325. The number of ether oxygens (including phenoxy) is 2. The highest BCUT2D eigenvalue weighted by Gasteiger charge is 2.38. The van der Waals surface area contributed by atoms with Crippen LogP contribution in [0.25, 0.3) is 10.8 Å². The molecule has 236 valence electrons. The van der Waals surface area contributed by atoms with E-state index in [1.807, 2.05) is 69.3 Å². The van der Waals surface area contributed by atoms with E-state index in [4.69, 9.17) is 9.47 Å². The molecule has 0 heterocycles. The third-order valence-corrected chi connectivity index (χ3v) is 9.34. The zero-order chi connectivity index (χ0) is 32.6. The van der Waals surface area contributed by atoms with Gasteiger partial charge in [-0.1, -0.05) is 115 Å². The van der Waals surface area contributed by atoms with E-state index in [9.17, 15) is 9.59 Å². The van der Waals surface area contributed by atoms with Crippen LogP contribution < -0.4 is 10.6 Å². The maximum absolute atomic E-state index is 13.2. The minimum atomic E-state index is -0.642. The SMILES string of the molecule is COC(=O)c1cccc2c(NCC(CSC(c3ccccc3)(c3ccccc3)c3ccccc3)NC(=O)OC(C)(C)C)cccc12. The van der Waals surface area contributed by atoms with Crippen LogP contribution in [0.4, 0.5) is 10.5 Å². The number of benzene rings is 5. The van der Waals surface area contributed by atoms with Gasteiger partial charge >= 0.3 is 12.1 Å². The Morgan fingerprint density at radius 1 is 0.696 bits per heavy atom. The lowest BCUT2D eigenvalue weighted by atomic mass is 9.84. The molecule has 6 nitrogen and oxygen atoms in total. The number of nitrogens with one attached hydrogen (secondary N) is 2. The second-order valence-corrected chi connectivity index (χ2v) is 13.2. The molecule has 5 aromatic rings. The molecule has 0 bridgehead atoms. The Balaban J connectivity index is 1.51. The molecule has 0 saturated heterocycles. The lowest BCUT2D eigenvalue weighted by Crippen LogP contribution is -2.45. The van der Waals surface area contributed by atoms with Gasteiger partial charge in [0.2, 0.25) is 0 Å². The Hall–Kier alpha value is -4.75. The summed E-state index contributed by atoms with van der Waals surface area (Å²) < 4.78 is 10.2. The first-order chi connectivity index (χ1) is 22.2. The number of amides is 1. The summed E-state index contributed by atoms with van der Waals surface area (Å²) in [6.45, 7) is 5.99. The molecule has 0 radical (unpaired) electrons. The van der Waals surface area contributed by atoms with E-state index >= 15 is 0 Å². The molecule has 0 aliphatic rings. The summed E-state index contributed by atoms with van der Waals surface area (Å²) in [6.07, 6.45) is -0.476. The number of anilines is 1. The van der Waals surface area contributed by atoms with E-state index in [2.05, 4.69) is 83.4 Å². The molecule has 1 atom stereocenters. The van der Waals surface area contributed by atoms with Gasteiger partial charge < -0.3 is 20.1 Å². The zero-order valence-corrected chi connectivity index (χ0v) is 27.5. The van der Waals surface area contributed by atoms with Crippen molar-refractivity contribution in [2.45, 2.75) is 37.2 Å². The number of hydrogen-bond acceptors (Lipinski definition) is 6. The summed E-state index contributed by atoms with van der Waals surface area (Å²) >= 11 is 1.77. The minimum Gasteiger partial charge on any atom is -0.465 e. The van der Waals surface area contributed by atoms with Crippen molar-refractivity contribution in [1.82, 2.24) is 5.32 Å². The number of carbonyl (C=O) groups is 2. The molecule has 1 amide bonds. The highest BCUT2D eigenvalue weighted by molar-refractivity contribution is 8.00. The smallest absolute Gasteiger partial charge is 0.407 e. The number of carbonyl (C=O) groups excluding carboxylic acids is 2. The third-order valence-electron chi connectivity index (χ3n) is 7.63. The number of hydrogen-bond donors (Lipinski definition) is 2. The molecule has 0 aromatic heterocycles. The van der Waals surface area contributed by atoms with Gasteiger partial charge in [0.15, 0.2) is 0 Å². The molecule has 5 rings (SSSR count). The molecule has 5 aromatic carbocycles. The Morgan fingerprint density at radius 3 is 1.74 bits per heavy atom. The third kappa shape index (κ3) is 7.54. The monoisotopic (exact) mass is 632 g/mol. The lowest BCUT2D eigenvalue weighted by molar-refractivity contribution is 0.0511. The van der Waals surface area contributed by atoms with Crippen LogP contribution in [0.2, 0.25) is 0 Å². The van der Waals surface area contributed by atoms with E-state index in [-0.39, 0.29) is 12.0 Å². The van der Waals surface area contributed by atoms with Crippen molar-refractivity contribution in [3.05, 3.63) is 150 Å². The summed E-state index contributed by atoms with van der Waals surface area (Å²) in [6, 6.07) is 42.5. The van der Waals surface area contributed by atoms with Crippen LogP contribution >= 0.6 is 11.8 Å². The van der Waals surface area contributed by atoms with Gasteiger partial charge in [0.1, 0.15) is 5.60 Å². The van der Waals surface area contributed by atoms with Crippen molar-refractivity contribution in [3.8, 4) is 0 Å². The molecule has 0 aliphatic heterocycles. The Labute approximate surface area is 275 Å². The van der Waals surface area contributed by atoms with Gasteiger partial charge in [-0.05, 0) is 55.0 Å². The fourth-order valence-corrected chi connectivity index (χ4v) is 7.17. The van der Waals surface area contributed by atoms with E-state index in [0.717, 1.165) is 33.2 Å². The predicted octanol–water partition coefficient (Wildman–Crippen LogP) is 8.66. The fourth-order valence-electron chi connectivity index (χ4n) is 5.61. The molecule has 7 heteroatoms. The van der Waals surface area contributed by atoms with Gasteiger partial charge in [0.25, 0.3) is 0 Å². The van der Waals surface area contributed by atoms with Gasteiger partial charge in [-0.15, -0.1) is 11.8 Å². The Bertz CT molecular complexity index is 1660. The first kappa shape index (κ1) is 32.6. The fraction of sp³-hybridized carbons (Fsp3) is 0.231. The molecular formula is C39H40N2O4S. The highest BCUT2D eigenvalue weighted by atomic mass is 32.2. The quantitative estimate of drug-likeness (QED) is 0.112. The van der Waals surface area contributed by atoms with Crippen LogP contribution in [-0.2, 0) is 14.2 Å². The predicted molar refractivity (Wildman–Crippen MR) is 189 cm³/mol. The number of methoxy groups -OCH3 is 1. The van der Waals surface area contributed by atoms with E-state index in [1.54, 1.807) is 17.8 Å². The van der Waals surface area contributed by atoms with Crippen molar-refractivity contribution in [2.24, 2.45) is 0 Å². The van der Waals surface area contributed by atoms with Gasteiger partial charge in [-0.25, -0.2) is 9.59 Å². The Kier molecular flexibility index (Phi) is 10.3. The topological polar surface area (TPSA) is 76.7 Å². The molecular weight excluding hydrogens is 593 g/mol. The summed E-state index contributed by atoms with van der Waals surface area (Å²) in [5, 5.41) is 8.38. The second kappa shape index (κ2) is 14.6. The number of alkyl carbamates (subject to hydrolysis) is 1. The van der Waals surface area contributed by atoms with Gasteiger partial charge in [0.05, 0.1) is 23.5 Å². The van der Waals surface area contributed by atoms with Crippen molar-refractivity contribution in [1.29, 1.82) is 0 Å².